The van der Waals surface area contributed by atoms with Gasteiger partial charge >= 0.3 is 6.18 Å². The summed E-state index contributed by atoms with van der Waals surface area (Å²) in [6.07, 6.45) is -4.67. The molecule has 0 aliphatic carbocycles. The van der Waals surface area contributed by atoms with Crippen LogP contribution in [0.15, 0.2) is 21.4 Å². The van der Waals surface area contributed by atoms with Crippen LogP contribution in [0.25, 0.3) is 16.6 Å². The van der Waals surface area contributed by atoms with Crippen LogP contribution in [0, 0.1) is 18.3 Å². The number of nitrogens with zero attached hydrogens (tertiary/aromatic N) is 3. The van der Waals surface area contributed by atoms with Crippen molar-refractivity contribution in [2.75, 3.05) is 0 Å². The highest BCUT2D eigenvalue weighted by molar-refractivity contribution is 9.10. The molecule has 0 spiro atoms. The number of H-pyrrole nitrogens is 1. The summed E-state index contributed by atoms with van der Waals surface area (Å²) in [5.41, 5.74) is -1.34. The van der Waals surface area contributed by atoms with Crippen LogP contribution in [0.4, 0.5) is 13.2 Å². The van der Waals surface area contributed by atoms with E-state index in [1.54, 1.807) is 13.0 Å². The first kappa shape index (κ1) is 14.6. The molecule has 3 rings (SSSR count). The van der Waals surface area contributed by atoms with Crippen LogP contribution in [-0.2, 0) is 6.18 Å². The SMILES string of the molecule is Cc1cc2[nH]c(=O)c3c(C#N)c(Br)c(C(F)(F)F)cc3n2n1. The maximum absolute atomic E-state index is 13.1. The van der Waals surface area contributed by atoms with E-state index in [4.69, 9.17) is 0 Å². The Hall–Kier alpha value is -2.34. The van der Waals surface area contributed by atoms with Gasteiger partial charge in [0, 0.05) is 10.5 Å². The quantitative estimate of drug-likeness (QED) is 0.660. The standard InChI is InChI=1S/C13H6BrF3N4O/c1-5-2-9-19-12(22)10-6(4-18)11(14)7(13(15,16)17)3-8(10)21(9)20-5/h2-3H,1H3,(H,19,22). The minimum absolute atomic E-state index is 0.0704. The predicted molar refractivity (Wildman–Crippen MR) is 75.5 cm³/mol. The third-order valence-electron chi connectivity index (χ3n) is 3.19. The minimum atomic E-state index is -4.67. The third kappa shape index (κ3) is 1.99. The second-order valence-corrected chi connectivity index (χ2v) is 5.45. The lowest BCUT2D eigenvalue weighted by Crippen LogP contribution is -2.15. The number of fused-ring (bicyclic) bond motifs is 3. The Morgan fingerprint density at radius 3 is 2.68 bits per heavy atom. The van der Waals surface area contributed by atoms with Gasteiger partial charge in [-0.2, -0.15) is 23.5 Å². The van der Waals surface area contributed by atoms with Crippen LogP contribution < -0.4 is 5.56 Å². The summed E-state index contributed by atoms with van der Waals surface area (Å²) in [6, 6.07) is 4.00. The molecule has 0 atom stereocenters. The molecule has 112 valence electrons. The van der Waals surface area contributed by atoms with Gasteiger partial charge in [-0.25, -0.2) is 4.52 Å². The summed E-state index contributed by atoms with van der Waals surface area (Å²) in [5.74, 6) is 0. The number of aryl methyl sites for hydroxylation is 1. The van der Waals surface area contributed by atoms with Crippen molar-refractivity contribution in [2.45, 2.75) is 13.1 Å². The van der Waals surface area contributed by atoms with Gasteiger partial charge in [0.1, 0.15) is 11.7 Å². The van der Waals surface area contributed by atoms with E-state index in [2.05, 4.69) is 26.0 Å². The Morgan fingerprint density at radius 1 is 1.41 bits per heavy atom. The smallest absolute Gasteiger partial charge is 0.306 e. The molecular formula is C13H6BrF3N4O. The van der Waals surface area contributed by atoms with Crippen molar-refractivity contribution in [1.29, 1.82) is 5.26 Å². The molecule has 0 bridgehead atoms. The van der Waals surface area contributed by atoms with E-state index in [0.717, 1.165) is 6.07 Å². The Labute approximate surface area is 129 Å². The van der Waals surface area contributed by atoms with Gasteiger partial charge in [-0.1, -0.05) is 0 Å². The number of hydrogen-bond acceptors (Lipinski definition) is 3. The maximum atomic E-state index is 13.1. The van der Waals surface area contributed by atoms with E-state index >= 15 is 0 Å². The number of nitriles is 1. The van der Waals surface area contributed by atoms with Gasteiger partial charge in [0.25, 0.3) is 5.56 Å². The highest BCUT2D eigenvalue weighted by Crippen LogP contribution is 2.39. The summed E-state index contributed by atoms with van der Waals surface area (Å²) in [4.78, 5) is 14.7. The molecule has 1 aromatic carbocycles. The van der Waals surface area contributed by atoms with Gasteiger partial charge in [-0.15, -0.1) is 0 Å². The van der Waals surface area contributed by atoms with Gasteiger partial charge in [0.2, 0.25) is 0 Å². The zero-order valence-corrected chi connectivity index (χ0v) is 12.5. The summed E-state index contributed by atoms with van der Waals surface area (Å²) >= 11 is 2.78. The molecule has 0 unspecified atom stereocenters. The van der Waals surface area contributed by atoms with Crippen LogP contribution >= 0.6 is 15.9 Å². The van der Waals surface area contributed by atoms with E-state index < -0.39 is 21.8 Å². The van der Waals surface area contributed by atoms with Gasteiger partial charge in [0.05, 0.1) is 27.7 Å². The Kier molecular flexibility index (Phi) is 3.04. The Balaban J connectivity index is 2.65. The first-order chi connectivity index (χ1) is 10.2. The Bertz CT molecular complexity index is 1030. The molecule has 2 aromatic heterocycles. The van der Waals surface area contributed by atoms with Crippen LogP contribution in [0.3, 0.4) is 0 Å². The molecule has 0 aliphatic rings. The molecule has 9 heteroatoms. The van der Waals surface area contributed by atoms with Gasteiger partial charge in [-0.05, 0) is 28.9 Å². The lowest BCUT2D eigenvalue weighted by molar-refractivity contribution is -0.138. The third-order valence-corrected chi connectivity index (χ3v) is 4.01. The molecule has 2 heterocycles. The Morgan fingerprint density at radius 2 is 2.09 bits per heavy atom. The fourth-order valence-corrected chi connectivity index (χ4v) is 2.93. The van der Waals surface area contributed by atoms with Crippen molar-refractivity contribution in [3.63, 3.8) is 0 Å². The number of alkyl halides is 3. The van der Waals surface area contributed by atoms with E-state index in [1.165, 1.54) is 10.6 Å². The zero-order valence-electron chi connectivity index (χ0n) is 10.9. The largest absolute Gasteiger partial charge is 0.417 e. The number of rotatable bonds is 0. The number of hydrogen-bond donors (Lipinski definition) is 1. The first-order valence-corrected chi connectivity index (χ1v) is 6.75. The molecule has 5 nitrogen and oxygen atoms in total. The molecule has 3 aromatic rings. The van der Waals surface area contributed by atoms with Crippen molar-refractivity contribution in [3.8, 4) is 6.07 Å². The summed E-state index contributed by atoms with van der Waals surface area (Å²) < 4.78 is 40.2. The molecule has 0 saturated heterocycles. The van der Waals surface area contributed by atoms with E-state index in [-0.39, 0.29) is 22.1 Å². The number of aromatic nitrogens is 3. The van der Waals surface area contributed by atoms with Crippen molar-refractivity contribution in [3.05, 3.63) is 43.8 Å². The van der Waals surface area contributed by atoms with Crippen molar-refractivity contribution < 1.29 is 13.2 Å². The van der Waals surface area contributed by atoms with E-state index in [9.17, 15) is 23.2 Å². The second kappa shape index (κ2) is 4.58. The van der Waals surface area contributed by atoms with Crippen molar-refractivity contribution in [1.82, 2.24) is 14.6 Å². The lowest BCUT2D eigenvalue weighted by Gasteiger charge is -2.12. The monoisotopic (exact) mass is 370 g/mol. The molecule has 0 amide bonds. The summed E-state index contributed by atoms with van der Waals surface area (Å²) in [5, 5.41) is 13.1. The fourth-order valence-electron chi connectivity index (χ4n) is 2.30. The second-order valence-electron chi connectivity index (χ2n) is 4.65. The average molecular weight is 371 g/mol. The van der Waals surface area contributed by atoms with Crippen LogP contribution in [0.1, 0.15) is 16.8 Å². The van der Waals surface area contributed by atoms with Gasteiger partial charge < -0.3 is 4.98 Å². The number of aromatic amines is 1. The molecular weight excluding hydrogens is 365 g/mol. The van der Waals surface area contributed by atoms with Crippen LogP contribution in [-0.4, -0.2) is 14.6 Å². The van der Waals surface area contributed by atoms with E-state index in [1.807, 2.05) is 0 Å². The molecule has 22 heavy (non-hydrogen) atoms. The normalized spacial score (nSPS) is 12.0. The number of benzene rings is 1. The molecule has 0 radical (unpaired) electrons. The first-order valence-electron chi connectivity index (χ1n) is 5.96. The predicted octanol–water partition coefficient (Wildman–Crippen LogP) is 3.14. The van der Waals surface area contributed by atoms with E-state index in [0.29, 0.717) is 5.69 Å². The van der Waals surface area contributed by atoms with Crippen molar-refractivity contribution in [2.24, 2.45) is 0 Å². The molecule has 0 saturated carbocycles. The lowest BCUT2D eigenvalue weighted by atomic mass is 10.1. The number of halogens is 4. The summed E-state index contributed by atoms with van der Waals surface area (Å²) in [7, 11) is 0. The van der Waals surface area contributed by atoms with Gasteiger partial charge in [-0.3, -0.25) is 4.79 Å². The molecule has 1 N–H and O–H groups in total. The van der Waals surface area contributed by atoms with Crippen molar-refractivity contribution >= 4 is 32.5 Å². The van der Waals surface area contributed by atoms with Crippen LogP contribution in [0.2, 0.25) is 0 Å². The zero-order chi connectivity index (χ0) is 16.2. The molecule has 0 aliphatic heterocycles. The fraction of sp³-hybridized carbons (Fsp3) is 0.154. The topological polar surface area (TPSA) is 74.0 Å². The minimum Gasteiger partial charge on any atom is -0.306 e. The van der Waals surface area contributed by atoms with Gasteiger partial charge in [0.15, 0.2) is 0 Å². The maximum Gasteiger partial charge on any atom is 0.417 e. The van der Waals surface area contributed by atoms with Crippen LogP contribution in [0.5, 0.6) is 0 Å². The average Bonchev–Trinajstić information content (AvgIpc) is 2.77. The molecule has 0 fully saturated rings. The highest BCUT2D eigenvalue weighted by Gasteiger charge is 2.35. The summed E-state index contributed by atoms with van der Waals surface area (Å²) in [6.45, 7) is 1.64. The number of nitrogens with one attached hydrogen (secondary N) is 1. The highest BCUT2D eigenvalue weighted by atomic mass is 79.9.